The number of nitrogens with zero attached hydrogens (tertiary/aromatic N) is 1. The molecular weight excluding hydrogens is 575 g/mol. The van der Waals surface area contributed by atoms with E-state index in [1.165, 1.54) is 31.2 Å². The lowest BCUT2D eigenvalue weighted by Crippen LogP contribution is -2.32. The molecule has 0 aliphatic rings. The molecular formula is C31H25F5N2O5. The molecule has 7 nitrogen and oxygen atoms in total. The van der Waals surface area contributed by atoms with Crippen molar-refractivity contribution in [2.45, 2.75) is 19.4 Å². The van der Waals surface area contributed by atoms with Crippen molar-refractivity contribution in [3.8, 4) is 22.8 Å². The largest absolute Gasteiger partial charge is 0.492 e. The summed E-state index contributed by atoms with van der Waals surface area (Å²) in [5, 5.41) is 2.75. The zero-order chi connectivity index (χ0) is 30.9. The van der Waals surface area contributed by atoms with Crippen molar-refractivity contribution in [2.75, 3.05) is 19.8 Å². The summed E-state index contributed by atoms with van der Waals surface area (Å²) in [4.78, 5) is 29.1. The van der Waals surface area contributed by atoms with Crippen LogP contribution in [0.3, 0.4) is 0 Å². The zero-order valence-electron chi connectivity index (χ0n) is 22.7. The number of pyridine rings is 1. The normalized spacial score (nSPS) is 11.5. The van der Waals surface area contributed by atoms with Crippen molar-refractivity contribution < 1.29 is 45.8 Å². The number of rotatable bonds is 12. The van der Waals surface area contributed by atoms with Gasteiger partial charge < -0.3 is 19.5 Å². The van der Waals surface area contributed by atoms with E-state index in [0.29, 0.717) is 16.9 Å². The predicted molar refractivity (Wildman–Crippen MR) is 145 cm³/mol. The summed E-state index contributed by atoms with van der Waals surface area (Å²) in [6, 6.07) is 18.7. The predicted octanol–water partition coefficient (Wildman–Crippen LogP) is 5.81. The van der Waals surface area contributed by atoms with E-state index < -0.39 is 46.9 Å². The molecule has 4 aromatic rings. The number of hydrogen-bond acceptors (Lipinski definition) is 6. The maximum Gasteiger partial charge on any atom is 0.347 e. The highest BCUT2D eigenvalue weighted by atomic mass is 19.2. The third-order valence-corrected chi connectivity index (χ3v) is 6.09. The number of carbonyl (C=O) groups excluding carboxylic acids is 2. The maximum atomic E-state index is 14.1. The molecule has 0 saturated heterocycles. The van der Waals surface area contributed by atoms with Crippen molar-refractivity contribution in [1.82, 2.24) is 10.3 Å². The van der Waals surface area contributed by atoms with E-state index in [-0.39, 0.29) is 32.1 Å². The molecule has 3 aromatic carbocycles. The number of amides is 1. The summed E-state index contributed by atoms with van der Waals surface area (Å²) < 4.78 is 84.3. The van der Waals surface area contributed by atoms with Crippen molar-refractivity contribution in [2.24, 2.45) is 0 Å². The molecule has 1 aromatic heterocycles. The Morgan fingerprint density at radius 2 is 1.49 bits per heavy atom. The number of ether oxygens (including phenoxy) is 3. The van der Waals surface area contributed by atoms with Crippen molar-refractivity contribution in [3.05, 3.63) is 113 Å². The maximum absolute atomic E-state index is 14.1. The van der Waals surface area contributed by atoms with Gasteiger partial charge >= 0.3 is 5.97 Å². The van der Waals surface area contributed by atoms with Gasteiger partial charge in [0.05, 0.1) is 18.8 Å². The van der Waals surface area contributed by atoms with Crippen LogP contribution in [0.25, 0.3) is 11.3 Å². The Morgan fingerprint density at radius 1 is 0.837 bits per heavy atom. The second kappa shape index (κ2) is 14.3. The quantitative estimate of drug-likeness (QED) is 0.0727. The molecule has 1 heterocycles. The first kappa shape index (κ1) is 30.9. The second-order valence-electron chi connectivity index (χ2n) is 9.00. The smallest absolute Gasteiger partial charge is 0.347 e. The molecule has 0 radical (unpaired) electrons. The number of carbonyl (C=O) groups is 2. The fourth-order valence-electron chi connectivity index (χ4n) is 3.94. The Labute approximate surface area is 243 Å². The minimum atomic E-state index is -2.35. The number of halogens is 5. The molecule has 0 aliphatic heterocycles. The van der Waals surface area contributed by atoms with Gasteiger partial charge in [0.2, 0.25) is 29.1 Å². The summed E-state index contributed by atoms with van der Waals surface area (Å²) in [5.41, 5.74) is 2.55. The van der Waals surface area contributed by atoms with Crippen LogP contribution in [0.15, 0.2) is 72.9 Å². The van der Waals surface area contributed by atoms with Gasteiger partial charge in [-0.1, -0.05) is 30.3 Å². The van der Waals surface area contributed by atoms with Gasteiger partial charge in [-0.25, -0.2) is 18.0 Å². The van der Waals surface area contributed by atoms with Crippen LogP contribution in [0.5, 0.6) is 11.5 Å². The van der Waals surface area contributed by atoms with Gasteiger partial charge in [0.1, 0.15) is 12.4 Å². The zero-order valence-corrected chi connectivity index (χ0v) is 22.7. The van der Waals surface area contributed by atoms with Crippen molar-refractivity contribution in [3.63, 3.8) is 0 Å². The standard InChI is InChI=1S/C31H25F5N2O5/c1-2-41-31(40)23(43-29-27(35)25(33)24(32)26(34)28(29)36)17-18-6-12-21(13-7-18)42-16-15-38-30(39)20-10-8-19(9-11-20)22-5-3-4-14-37-22/h3-14,23H,2,15-17H2,1H3,(H,38,39). The van der Waals surface area contributed by atoms with Crippen LogP contribution in [0.1, 0.15) is 22.8 Å². The Morgan fingerprint density at radius 3 is 2.09 bits per heavy atom. The number of nitrogens with one attached hydrogen (secondary N) is 1. The van der Waals surface area contributed by atoms with E-state index in [9.17, 15) is 31.5 Å². The molecule has 224 valence electrons. The van der Waals surface area contributed by atoms with Crippen LogP contribution in [-0.2, 0) is 16.0 Å². The van der Waals surface area contributed by atoms with Gasteiger partial charge in [0, 0.05) is 23.7 Å². The minimum Gasteiger partial charge on any atom is -0.492 e. The lowest BCUT2D eigenvalue weighted by molar-refractivity contribution is -0.151. The molecule has 1 unspecified atom stereocenters. The van der Waals surface area contributed by atoms with Crippen LogP contribution in [0.2, 0.25) is 0 Å². The summed E-state index contributed by atoms with van der Waals surface area (Å²) in [6.45, 7) is 1.69. The molecule has 0 bridgehead atoms. The average Bonchev–Trinajstić information content (AvgIpc) is 3.03. The number of benzene rings is 3. The highest BCUT2D eigenvalue weighted by Gasteiger charge is 2.31. The Kier molecular flexibility index (Phi) is 10.3. The van der Waals surface area contributed by atoms with E-state index in [1.54, 1.807) is 30.5 Å². The summed E-state index contributed by atoms with van der Waals surface area (Å²) >= 11 is 0. The monoisotopic (exact) mass is 600 g/mol. The topological polar surface area (TPSA) is 86.8 Å². The van der Waals surface area contributed by atoms with Gasteiger partial charge in [-0.15, -0.1) is 0 Å². The Hall–Kier alpha value is -5.00. The highest BCUT2D eigenvalue weighted by Crippen LogP contribution is 2.30. The highest BCUT2D eigenvalue weighted by molar-refractivity contribution is 5.94. The Balaban J connectivity index is 1.31. The molecule has 0 spiro atoms. The van der Waals surface area contributed by atoms with Gasteiger partial charge in [-0.05, 0) is 48.9 Å². The van der Waals surface area contributed by atoms with Gasteiger partial charge in [0.15, 0.2) is 11.9 Å². The molecule has 0 fully saturated rings. The first-order valence-corrected chi connectivity index (χ1v) is 13.1. The molecule has 1 atom stereocenters. The van der Waals surface area contributed by atoms with Gasteiger partial charge in [-0.3, -0.25) is 9.78 Å². The van der Waals surface area contributed by atoms with Crippen LogP contribution in [0, 0.1) is 29.1 Å². The molecule has 1 N–H and O–H groups in total. The fraction of sp³-hybridized carbons (Fsp3) is 0.194. The Bertz CT molecular complexity index is 1540. The third kappa shape index (κ3) is 7.64. The van der Waals surface area contributed by atoms with Crippen LogP contribution in [0.4, 0.5) is 22.0 Å². The van der Waals surface area contributed by atoms with Gasteiger partial charge in [0.25, 0.3) is 5.91 Å². The van der Waals surface area contributed by atoms with E-state index in [4.69, 9.17) is 14.2 Å². The second-order valence-corrected chi connectivity index (χ2v) is 9.00. The summed E-state index contributed by atoms with van der Waals surface area (Å²) in [5.74, 6) is -13.7. The SMILES string of the molecule is CCOC(=O)C(Cc1ccc(OCCNC(=O)c2ccc(-c3ccccn3)cc2)cc1)Oc1c(F)c(F)c(F)c(F)c1F. The van der Waals surface area contributed by atoms with E-state index >= 15 is 0 Å². The summed E-state index contributed by atoms with van der Waals surface area (Å²) in [6.07, 6.45) is -0.340. The third-order valence-electron chi connectivity index (χ3n) is 6.09. The van der Waals surface area contributed by atoms with Crippen molar-refractivity contribution >= 4 is 11.9 Å². The minimum absolute atomic E-state index is 0.115. The van der Waals surface area contributed by atoms with E-state index in [0.717, 1.165) is 11.3 Å². The first-order valence-electron chi connectivity index (χ1n) is 13.1. The van der Waals surface area contributed by atoms with Crippen LogP contribution in [-0.4, -0.2) is 42.7 Å². The summed E-state index contributed by atoms with van der Waals surface area (Å²) in [7, 11) is 0. The lowest BCUT2D eigenvalue weighted by Gasteiger charge is -2.19. The number of aromatic nitrogens is 1. The van der Waals surface area contributed by atoms with Gasteiger partial charge in [-0.2, -0.15) is 8.78 Å². The van der Waals surface area contributed by atoms with Crippen LogP contribution >= 0.6 is 0 Å². The van der Waals surface area contributed by atoms with Crippen molar-refractivity contribution in [1.29, 1.82) is 0 Å². The number of esters is 1. The van der Waals surface area contributed by atoms with E-state index in [1.807, 2.05) is 18.2 Å². The number of hydrogen-bond donors (Lipinski definition) is 1. The average molecular weight is 601 g/mol. The molecule has 4 rings (SSSR count). The molecule has 0 saturated carbocycles. The lowest BCUT2D eigenvalue weighted by atomic mass is 10.1. The fourth-order valence-corrected chi connectivity index (χ4v) is 3.94. The molecule has 1 amide bonds. The molecule has 43 heavy (non-hydrogen) atoms. The van der Waals surface area contributed by atoms with E-state index in [2.05, 4.69) is 10.3 Å². The molecule has 12 heteroatoms. The molecule has 0 aliphatic carbocycles. The first-order chi connectivity index (χ1) is 20.7. The van der Waals surface area contributed by atoms with Crippen LogP contribution < -0.4 is 14.8 Å².